The van der Waals surface area contributed by atoms with Crippen molar-refractivity contribution in [3.8, 4) is 11.5 Å². The number of benzene rings is 1. The number of nitrogens with one attached hydrogen (secondary N) is 1. The zero-order valence-electron chi connectivity index (χ0n) is 15.4. The molecule has 0 saturated heterocycles. The molecule has 1 aliphatic carbocycles. The molecule has 2 unspecified atom stereocenters. The summed E-state index contributed by atoms with van der Waals surface area (Å²) in [4.78, 5) is 12.1. The van der Waals surface area contributed by atoms with Gasteiger partial charge in [0.15, 0.2) is 11.5 Å². The van der Waals surface area contributed by atoms with E-state index in [2.05, 4.69) is 5.32 Å². The Labute approximate surface area is 157 Å². The van der Waals surface area contributed by atoms with Crippen molar-refractivity contribution in [1.82, 2.24) is 5.32 Å². The van der Waals surface area contributed by atoms with Crippen LogP contribution in [0.5, 0.6) is 11.5 Å². The molecule has 0 aliphatic heterocycles. The summed E-state index contributed by atoms with van der Waals surface area (Å²) in [5.74, 6) is 1.36. The summed E-state index contributed by atoms with van der Waals surface area (Å²) in [5, 5.41) is 2.96. The highest BCUT2D eigenvalue weighted by Crippen LogP contribution is 2.33. The Kier molecular flexibility index (Phi) is 9.08. The maximum Gasteiger partial charge on any atom is 0.237 e. The Morgan fingerprint density at radius 3 is 2.60 bits per heavy atom. The van der Waals surface area contributed by atoms with Crippen LogP contribution in [0.4, 0.5) is 0 Å². The molecule has 25 heavy (non-hydrogen) atoms. The second kappa shape index (κ2) is 10.5. The largest absolute Gasteiger partial charge is 0.493 e. The van der Waals surface area contributed by atoms with Gasteiger partial charge in [0.1, 0.15) is 0 Å². The number of halogens is 1. The quantitative estimate of drug-likeness (QED) is 0.731. The monoisotopic (exact) mass is 370 g/mol. The van der Waals surface area contributed by atoms with Crippen LogP contribution in [0.2, 0.25) is 0 Å². The SMILES string of the molecule is CCCC(N)C(=O)NC(C)c1ccc(OC2CCCC2)c(OC)c1.Cl. The summed E-state index contributed by atoms with van der Waals surface area (Å²) in [6, 6.07) is 5.25. The number of hydrogen-bond acceptors (Lipinski definition) is 4. The first-order valence-corrected chi connectivity index (χ1v) is 8.95. The van der Waals surface area contributed by atoms with E-state index in [4.69, 9.17) is 15.2 Å². The van der Waals surface area contributed by atoms with E-state index in [1.165, 1.54) is 12.8 Å². The highest BCUT2D eigenvalue weighted by atomic mass is 35.5. The number of carbonyl (C=O) groups is 1. The van der Waals surface area contributed by atoms with Crippen LogP contribution in [0.15, 0.2) is 18.2 Å². The fourth-order valence-corrected chi connectivity index (χ4v) is 3.08. The van der Waals surface area contributed by atoms with Gasteiger partial charge in [-0.1, -0.05) is 19.4 Å². The first-order chi connectivity index (χ1) is 11.5. The lowest BCUT2D eigenvalue weighted by Gasteiger charge is -2.20. The van der Waals surface area contributed by atoms with Gasteiger partial charge in [-0.15, -0.1) is 12.4 Å². The average molecular weight is 371 g/mol. The Morgan fingerprint density at radius 2 is 2.00 bits per heavy atom. The van der Waals surface area contributed by atoms with Crippen molar-refractivity contribution in [3.05, 3.63) is 23.8 Å². The molecule has 2 rings (SSSR count). The van der Waals surface area contributed by atoms with Crippen molar-refractivity contribution in [2.75, 3.05) is 7.11 Å². The lowest BCUT2D eigenvalue weighted by molar-refractivity contribution is -0.123. The number of rotatable bonds is 8. The number of carbonyl (C=O) groups excluding carboxylic acids is 1. The van der Waals surface area contributed by atoms with E-state index < -0.39 is 6.04 Å². The Bertz CT molecular complexity index is 547. The van der Waals surface area contributed by atoms with Gasteiger partial charge in [-0.05, 0) is 56.7 Å². The molecule has 0 aromatic heterocycles. The van der Waals surface area contributed by atoms with Gasteiger partial charge >= 0.3 is 0 Å². The number of nitrogens with two attached hydrogens (primary N) is 1. The summed E-state index contributed by atoms with van der Waals surface area (Å²) >= 11 is 0. The molecule has 0 bridgehead atoms. The van der Waals surface area contributed by atoms with Crippen LogP contribution >= 0.6 is 12.4 Å². The molecule has 1 aliphatic rings. The van der Waals surface area contributed by atoms with E-state index in [0.717, 1.165) is 30.6 Å². The van der Waals surface area contributed by atoms with Crippen LogP contribution in [0, 0.1) is 0 Å². The zero-order valence-corrected chi connectivity index (χ0v) is 16.2. The molecule has 6 heteroatoms. The Balaban J connectivity index is 0.00000312. The van der Waals surface area contributed by atoms with Crippen molar-refractivity contribution < 1.29 is 14.3 Å². The highest BCUT2D eigenvalue weighted by molar-refractivity contribution is 5.85. The smallest absolute Gasteiger partial charge is 0.237 e. The molecular formula is C19H31ClN2O3. The third kappa shape index (κ3) is 6.08. The maximum atomic E-state index is 12.1. The third-order valence-electron chi connectivity index (χ3n) is 4.58. The summed E-state index contributed by atoms with van der Waals surface area (Å²) in [5.41, 5.74) is 6.84. The van der Waals surface area contributed by atoms with Crippen LogP contribution < -0.4 is 20.5 Å². The van der Waals surface area contributed by atoms with E-state index in [-0.39, 0.29) is 30.5 Å². The summed E-state index contributed by atoms with van der Waals surface area (Å²) in [7, 11) is 1.64. The molecule has 2 atom stereocenters. The molecule has 0 spiro atoms. The third-order valence-corrected chi connectivity index (χ3v) is 4.58. The van der Waals surface area contributed by atoms with Crippen molar-refractivity contribution in [2.24, 2.45) is 5.73 Å². The van der Waals surface area contributed by atoms with E-state index >= 15 is 0 Å². The van der Waals surface area contributed by atoms with Gasteiger partial charge in [0, 0.05) is 0 Å². The van der Waals surface area contributed by atoms with Gasteiger partial charge in [0.25, 0.3) is 0 Å². The number of ether oxygens (including phenoxy) is 2. The maximum absolute atomic E-state index is 12.1. The summed E-state index contributed by atoms with van der Waals surface area (Å²) in [6.45, 7) is 3.97. The second-order valence-electron chi connectivity index (χ2n) is 6.56. The lowest BCUT2D eigenvalue weighted by Crippen LogP contribution is -2.41. The van der Waals surface area contributed by atoms with Gasteiger partial charge in [-0.2, -0.15) is 0 Å². The van der Waals surface area contributed by atoms with Crippen LogP contribution in [0.1, 0.15) is 64.0 Å². The van der Waals surface area contributed by atoms with Crippen molar-refractivity contribution in [1.29, 1.82) is 0 Å². The van der Waals surface area contributed by atoms with Crippen LogP contribution in [0.25, 0.3) is 0 Å². The minimum absolute atomic E-state index is 0. The zero-order chi connectivity index (χ0) is 17.5. The van der Waals surface area contributed by atoms with Gasteiger partial charge in [-0.3, -0.25) is 4.79 Å². The molecule has 1 saturated carbocycles. The number of methoxy groups -OCH3 is 1. The predicted octanol–water partition coefficient (Wildman–Crippen LogP) is 3.74. The molecule has 1 amide bonds. The fraction of sp³-hybridized carbons (Fsp3) is 0.632. The molecule has 1 aromatic rings. The molecule has 3 N–H and O–H groups in total. The van der Waals surface area contributed by atoms with Gasteiger partial charge < -0.3 is 20.5 Å². The second-order valence-corrected chi connectivity index (χ2v) is 6.56. The minimum Gasteiger partial charge on any atom is -0.493 e. The van der Waals surface area contributed by atoms with Crippen molar-refractivity contribution in [3.63, 3.8) is 0 Å². The molecule has 5 nitrogen and oxygen atoms in total. The molecule has 0 heterocycles. The topological polar surface area (TPSA) is 73.6 Å². The lowest BCUT2D eigenvalue weighted by atomic mass is 10.1. The van der Waals surface area contributed by atoms with E-state index in [0.29, 0.717) is 12.2 Å². The fourth-order valence-electron chi connectivity index (χ4n) is 3.08. The van der Waals surface area contributed by atoms with Gasteiger partial charge in [0.2, 0.25) is 5.91 Å². The van der Waals surface area contributed by atoms with Gasteiger partial charge in [0.05, 0.1) is 25.3 Å². The van der Waals surface area contributed by atoms with E-state index in [9.17, 15) is 4.79 Å². The van der Waals surface area contributed by atoms with Crippen LogP contribution in [0.3, 0.4) is 0 Å². The Hall–Kier alpha value is -1.46. The Morgan fingerprint density at radius 1 is 1.32 bits per heavy atom. The molecule has 0 radical (unpaired) electrons. The van der Waals surface area contributed by atoms with Crippen molar-refractivity contribution >= 4 is 18.3 Å². The van der Waals surface area contributed by atoms with Crippen LogP contribution in [-0.4, -0.2) is 25.2 Å². The minimum atomic E-state index is -0.454. The van der Waals surface area contributed by atoms with Crippen molar-refractivity contribution in [2.45, 2.75) is 70.6 Å². The average Bonchev–Trinajstić information content (AvgIpc) is 3.08. The highest BCUT2D eigenvalue weighted by Gasteiger charge is 2.20. The summed E-state index contributed by atoms with van der Waals surface area (Å²) in [6.07, 6.45) is 6.53. The first-order valence-electron chi connectivity index (χ1n) is 8.95. The number of amides is 1. The standard InChI is InChI=1S/C19H30N2O3.ClH/c1-4-7-16(20)19(22)21-13(2)14-10-11-17(18(12-14)23-3)24-15-8-5-6-9-15;/h10-13,15-16H,4-9,20H2,1-3H3,(H,21,22);1H. The molecular weight excluding hydrogens is 340 g/mol. The van der Waals surface area contributed by atoms with E-state index in [1.54, 1.807) is 7.11 Å². The first kappa shape index (κ1) is 21.6. The molecule has 1 aromatic carbocycles. The van der Waals surface area contributed by atoms with Gasteiger partial charge in [-0.25, -0.2) is 0 Å². The normalized spacial score (nSPS) is 16.6. The molecule has 142 valence electrons. The van der Waals surface area contributed by atoms with E-state index in [1.807, 2.05) is 32.0 Å². The van der Waals surface area contributed by atoms with Crippen LogP contribution in [-0.2, 0) is 4.79 Å². The predicted molar refractivity (Wildman–Crippen MR) is 103 cm³/mol. The summed E-state index contributed by atoms with van der Waals surface area (Å²) < 4.78 is 11.5. The number of hydrogen-bond donors (Lipinski definition) is 2. The molecule has 1 fully saturated rings.